The average molecular weight is 665 g/mol. The summed E-state index contributed by atoms with van der Waals surface area (Å²) in [6.45, 7) is 17.2. The minimum atomic E-state index is -5.07. The van der Waals surface area contributed by atoms with Crippen LogP contribution in [0.1, 0.15) is 27.8 Å². The number of nitriles is 2. The normalized spacial score (nSPS) is 14.2. The molecule has 238 valence electrons. The first kappa shape index (κ1) is 31.6. The van der Waals surface area contributed by atoms with Crippen LogP contribution >= 0.6 is 0 Å². The molecule has 0 N–H and O–H groups in total. The van der Waals surface area contributed by atoms with Gasteiger partial charge in [0.2, 0.25) is 0 Å². The second kappa shape index (κ2) is 11.6. The van der Waals surface area contributed by atoms with Crippen LogP contribution < -0.4 is 4.74 Å². The molecule has 5 aromatic carbocycles. The lowest BCUT2D eigenvalue weighted by atomic mass is 9.94. The lowest BCUT2D eigenvalue weighted by molar-refractivity contribution is -0.275. The number of hydrogen-bond acceptors (Lipinski definition) is 3. The van der Waals surface area contributed by atoms with Crippen LogP contribution in [0.25, 0.3) is 65.3 Å². The number of rotatable bonds is 3. The fraction of sp³-hybridized carbons (Fsp3) is 0.0500. The van der Waals surface area contributed by atoms with E-state index in [1.165, 1.54) is 12.1 Å². The number of benzene rings is 5. The first-order valence-corrected chi connectivity index (χ1v) is 14.8. The largest absolute Gasteiger partial charge is 0.573 e. The molecule has 2 aliphatic carbocycles. The number of ether oxygens (including phenoxy) is 1. The minimum Gasteiger partial charge on any atom is -0.403 e. The van der Waals surface area contributed by atoms with Gasteiger partial charge in [-0.2, -0.15) is 0 Å². The first-order chi connectivity index (χ1) is 24.0. The van der Waals surface area contributed by atoms with Crippen LogP contribution in [-0.4, -0.2) is 6.36 Å². The Labute approximate surface area is 282 Å². The van der Waals surface area contributed by atoms with Crippen molar-refractivity contribution in [3.8, 4) is 62.4 Å². The lowest BCUT2D eigenvalue weighted by Crippen LogP contribution is -2.17. The minimum absolute atomic E-state index is 0.175. The third-order valence-corrected chi connectivity index (χ3v) is 8.76. The second-order valence-corrected chi connectivity index (χ2v) is 11.5. The van der Waals surface area contributed by atoms with Gasteiger partial charge in [0.05, 0.1) is 25.3 Å². The summed E-state index contributed by atoms with van der Waals surface area (Å²) in [5, 5.41) is 20.0. The van der Waals surface area contributed by atoms with E-state index >= 15 is 0 Å². The van der Waals surface area contributed by atoms with Gasteiger partial charge in [-0.25, -0.2) is 29.0 Å². The molecule has 0 amide bonds. The summed E-state index contributed by atoms with van der Waals surface area (Å²) in [4.78, 5) is 6.97. The highest BCUT2D eigenvalue weighted by molar-refractivity contribution is 6.11. The van der Waals surface area contributed by atoms with Crippen molar-refractivity contribution < 1.29 is 26.7 Å². The highest BCUT2D eigenvalue weighted by Crippen LogP contribution is 2.54. The average Bonchev–Trinajstić information content (AvgIpc) is 3.58. The van der Waals surface area contributed by atoms with Gasteiger partial charge in [0.15, 0.2) is 11.6 Å². The quantitative estimate of drug-likeness (QED) is 0.107. The molecule has 0 atom stereocenters. The molecule has 0 spiro atoms. The summed E-state index contributed by atoms with van der Waals surface area (Å²) in [5.41, 5.74) is 7.49. The van der Waals surface area contributed by atoms with Gasteiger partial charge in [0.25, 0.3) is 11.4 Å². The van der Waals surface area contributed by atoms with E-state index < -0.39 is 17.9 Å². The molecule has 0 bridgehead atoms. The number of fused-ring (bicyclic) bond motifs is 6. The van der Waals surface area contributed by atoms with Gasteiger partial charge < -0.3 is 4.74 Å². The van der Waals surface area contributed by atoms with Crippen molar-refractivity contribution in [2.75, 3.05) is 0 Å². The monoisotopic (exact) mass is 664 g/mol. The van der Waals surface area contributed by atoms with Gasteiger partial charge in [-0.05, 0) is 122 Å². The molecule has 0 fully saturated rings. The molecular formula is C40H17F5N4O. The summed E-state index contributed by atoms with van der Waals surface area (Å²) in [7, 11) is 0. The summed E-state index contributed by atoms with van der Waals surface area (Å²) in [5.74, 6) is -2.58. The molecule has 0 aromatic heterocycles. The summed E-state index contributed by atoms with van der Waals surface area (Å²) in [6, 6.07) is 26.0. The Morgan fingerprint density at radius 1 is 0.580 bits per heavy atom. The zero-order valence-electron chi connectivity index (χ0n) is 25.7. The van der Waals surface area contributed by atoms with Crippen molar-refractivity contribution in [1.82, 2.24) is 0 Å². The zero-order valence-corrected chi connectivity index (χ0v) is 25.7. The third-order valence-electron chi connectivity index (χ3n) is 8.76. The van der Waals surface area contributed by atoms with Gasteiger partial charge in [0.1, 0.15) is 5.82 Å². The van der Waals surface area contributed by atoms with E-state index in [9.17, 15) is 32.5 Å². The van der Waals surface area contributed by atoms with E-state index in [0.717, 1.165) is 17.7 Å². The molecule has 5 nitrogen and oxygen atoms in total. The molecule has 0 aliphatic heterocycles. The highest BCUT2D eigenvalue weighted by atomic mass is 19.4. The van der Waals surface area contributed by atoms with Crippen molar-refractivity contribution in [3.05, 3.63) is 159 Å². The number of nitrogens with zero attached hydrogens (tertiary/aromatic N) is 4. The number of halogens is 5. The topological polar surface area (TPSA) is 65.5 Å². The molecule has 0 heterocycles. The van der Waals surface area contributed by atoms with Crippen LogP contribution in [0.4, 0.5) is 22.0 Å². The van der Waals surface area contributed by atoms with Crippen molar-refractivity contribution in [2.24, 2.45) is 0 Å². The Morgan fingerprint density at radius 3 is 1.44 bits per heavy atom. The molecule has 0 radical (unpaired) electrons. The van der Waals surface area contributed by atoms with Gasteiger partial charge in [-0.1, -0.05) is 42.5 Å². The molecule has 2 aliphatic rings. The highest BCUT2D eigenvalue weighted by Gasteiger charge is 2.35. The Hall–Kier alpha value is -7.01. The van der Waals surface area contributed by atoms with Crippen molar-refractivity contribution in [1.29, 1.82) is 10.5 Å². The number of hydrogen-bond donors (Lipinski definition) is 0. The maximum atomic E-state index is 14.7. The zero-order chi connectivity index (χ0) is 35.5. The van der Waals surface area contributed by atoms with Crippen molar-refractivity contribution in [3.63, 3.8) is 0 Å². The Morgan fingerprint density at radius 2 is 1.00 bits per heavy atom. The molecule has 5 aromatic rings. The first-order valence-electron chi connectivity index (χ1n) is 14.8. The summed E-state index contributed by atoms with van der Waals surface area (Å²) in [6.07, 6.45) is -5.07. The van der Waals surface area contributed by atoms with Gasteiger partial charge in [0, 0.05) is 11.1 Å². The molecule has 10 heteroatoms. The standard InChI is InChI=1S/C40H17F5N4O/c1-20-4-5-23(14-33(20)41)21-6-9-25-27-16-28-26-10-7-22(24-8-11-37(34(42)15-24)50-40(43,44)45)13-30(26)39(36(19-47)49-3)32(28)17-31(27)38(29(25)12-21)35(18-46)48-2/h4-17H,1H3/b38-35+,39-36-. The molecule has 0 saturated carbocycles. The smallest absolute Gasteiger partial charge is 0.403 e. The van der Waals surface area contributed by atoms with E-state index in [-0.39, 0.29) is 28.3 Å². The van der Waals surface area contributed by atoms with Crippen molar-refractivity contribution >= 4 is 11.1 Å². The predicted octanol–water partition coefficient (Wildman–Crippen LogP) is 10.9. The van der Waals surface area contributed by atoms with Crippen molar-refractivity contribution in [2.45, 2.75) is 13.3 Å². The molecule has 50 heavy (non-hydrogen) atoms. The van der Waals surface area contributed by atoms with Gasteiger partial charge in [-0.3, -0.25) is 0 Å². The number of alkyl halides is 3. The van der Waals surface area contributed by atoms with Crippen LogP contribution in [0.2, 0.25) is 0 Å². The maximum Gasteiger partial charge on any atom is 0.573 e. The van der Waals surface area contributed by atoms with E-state index in [1.54, 1.807) is 43.3 Å². The number of aryl methyl sites for hydroxylation is 1. The third kappa shape index (κ3) is 5.04. The van der Waals surface area contributed by atoms with E-state index in [4.69, 9.17) is 13.1 Å². The summed E-state index contributed by atoms with van der Waals surface area (Å²) >= 11 is 0. The molecule has 7 rings (SSSR count). The fourth-order valence-corrected chi connectivity index (χ4v) is 6.52. The predicted molar refractivity (Wildman–Crippen MR) is 176 cm³/mol. The van der Waals surface area contributed by atoms with E-state index in [1.807, 2.05) is 36.4 Å². The second-order valence-electron chi connectivity index (χ2n) is 11.5. The maximum absolute atomic E-state index is 14.7. The Balaban J connectivity index is 1.42. The molecular weight excluding hydrogens is 647 g/mol. The van der Waals surface area contributed by atoms with Gasteiger partial charge >= 0.3 is 6.36 Å². The van der Waals surface area contributed by atoms with E-state index in [2.05, 4.69) is 14.4 Å². The van der Waals surface area contributed by atoms with E-state index in [0.29, 0.717) is 66.8 Å². The van der Waals surface area contributed by atoms with Crippen LogP contribution in [0.5, 0.6) is 5.75 Å². The number of allylic oxidation sites excluding steroid dienone is 2. The van der Waals surface area contributed by atoms with Crippen LogP contribution in [0, 0.1) is 54.4 Å². The molecule has 0 saturated heterocycles. The van der Waals surface area contributed by atoms with Gasteiger partial charge in [-0.15, -0.1) is 13.2 Å². The Bertz CT molecular complexity index is 2560. The summed E-state index contributed by atoms with van der Waals surface area (Å²) < 4.78 is 71.0. The van der Waals surface area contributed by atoms with Crippen LogP contribution in [0.15, 0.2) is 96.3 Å². The van der Waals surface area contributed by atoms with Crippen LogP contribution in [0.3, 0.4) is 0 Å². The van der Waals surface area contributed by atoms with Crippen LogP contribution in [-0.2, 0) is 0 Å². The SMILES string of the molecule is [C-]#[N+]/C(C#N)=C1/c2cc(-c3ccc(OC(F)(F)F)c(F)c3)ccc2-c2cc3c(cc21)/C(=C(\C#N)[N+]#[C-])c1cc(-c2ccc(C)c(F)c2)ccc1-3. The Kier molecular flexibility index (Phi) is 7.33. The lowest BCUT2D eigenvalue weighted by Gasteiger charge is -2.11. The fourth-order valence-electron chi connectivity index (χ4n) is 6.52. The molecule has 0 unspecified atom stereocenters.